The zero-order valence-corrected chi connectivity index (χ0v) is 74.0. The highest BCUT2D eigenvalue weighted by atomic mass is 16.7. The van der Waals surface area contributed by atoms with Crippen molar-refractivity contribution < 1.29 is 148 Å². The number of nitrogens with one attached hydrogen (secondary N) is 4. The minimum atomic E-state index is -1.04. The van der Waals surface area contributed by atoms with Gasteiger partial charge in [0.25, 0.3) is 22.7 Å². The minimum absolute atomic E-state index is 0.0182. The SMILES string of the molecule is C=CC(=O)OC(C)c1cc(OC)c(CCCCC(=O)NCCOCCOCC(COCCOCCNC(=O)CCCOc2cc([N+](=O)[O-])c(C(C)OC(=O)C=C)cc2OC)(COCCOCCNC(=O)CCCOc2cc([N+](=O)[O-])c(C(C)OC(=O)C=C)cc2OC)COCCOCCNC(=O)CCCOc2cc([N+](=O)[O-])c(C(C)OC(=O)C=C)cc2OC)cc1[N+](=O)[O-]. The van der Waals surface area contributed by atoms with Crippen LogP contribution in [0, 0.1) is 45.9 Å². The number of aryl methyl sites for hydroxylation is 1. The second kappa shape index (κ2) is 61.0. The van der Waals surface area contributed by atoms with Crippen molar-refractivity contribution >= 4 is 70.3 Å². The number of methoxy groups -OCH3 is 4. The van der Waals surface area contributed by atoms with Crippen LogP contribution in [0.25, 0.3) is 0 Å². The van der Waals surface area contributed by atoms with Crippen LogP contribution in [-0.2, 0) is 102 Å². The molecule has 129 heavy (non-hydrogen) atoms. The number of hydrogen-bond acceptors (Lipinski definition) is 35. The van der Waals surface area contributed by atoms with Crippen LogP contribution in [0.1, 0.15) is 138 Å². The highest BCUT2D eigenvalue weighted by Crippen LogP contribution is 2.43. The number of carbonyl (C=O) groups is 8. The van der Waals surface area contributed by atoms with Crippen LogP contribution in [0.4, 0.5) is 22.7 Å². The van der Waals surface area contributed by atoms with Gasteiger partial charge < -0.3 is 111 Å². The summed E-state index contributed by atoms with van der Waals surface area (Å²) in [5, 5.41) is 59.2. The van der Waals surface area contributed by atoms with Crippen LogP contribution in [0.5, 0.6) is 40.2 Å². The molecule has 43 nitrogen and oxygen atoms in total. The minimum Gasteiger partial charge on any atom is -0.496 e. The number of unbranched alkanes of at least 4 members (excludes halogenated alkanes) is 1. The summed E-state index contributed by atoms with van der Waals surface area (Å²) < 4.78 is 108. The number of benzene rings is 4. The van der Waals surface area contributed by atoms with Gasteiger partial charge >= 0.3 is 23.9 Å². The molecule has 712 valence electrons. The van der Waals surface area contributed by atoms with E-state index in [1.54, 1.807) is 0 Å². The first-order chi connectivity index (χ1) is 61.9. The molecule has 4 unspecified atom stereocenters. The molecule has 0 aliphatic carbocycles. The molecule has 4 rings (SSSR count). The van der Waals surface area contributed by atoms with E-state index in [4.69, 9.17) is 90.0 Å². The molecule has 4 aromatic carbocycles. The fourth-order valence-corrected chi connectivity index (χ4v) is 12.1. The van der Waals surface area contributed by atoms with Crippen molar-refractivity contribution in [2.75, 3.05) is 180 Å². The van der Waals surface area contributed by atoms with Gasteiger partial charge in [-0.05, 0) is 90.5 Å². The van der Waals surface area contributed by atoms with Gasteiger partial charge in [-0.25, -0.2) is 19.2 Å². The van der Waals surface area contributed by atoms with Gasteiger partial charge in [0.15, 0.2) is 34.5 Å². The maximum atomic E-state index is 12.9. The van der Waals surface area contributed by atoms with E-state index in [1.165, 1.54) is 86.5 Å². The Morgan fingerprint density at radius 3 is 0.814 bits per heavy atom. The van der Waals surface area contributed by atoms with Crippen molar-refractivity contribution in [3.63, 3.8) is 0 Å². The Hall–Kier alpha value is -12.5. The van der Waals surface area contributed by atoms with Crippen molar-refractivity contribution in [2.45, 2.75) is 116 Å². The number of esters is 4. The Kier molecular flexibility index (Phi) is 51.5. The molecule has 4 atom stereocenters. The number of nitro groups is 4. The number of ether oxygens (including phenoxy) is 19. The zero-order valence-electron chi connectivity index (χ0n) is 74.0. The molecule has 0 aliphatic rings. The Balaban J connectivity index is 1.39. The van der Waals surface area contributed by atoms with E-state index in [2.05, 4.69) is 47.6 Å². The lowest BCUT2D eigenvalue weighted by Gasteiger charge is -2.33. The summed E-state index contributed by atoms with van der Waals surface area (Å²) in [6, 6.07) is 10.3. The van der Waals surface area contributed by atoms with Crippen LogP contribution in [-0.4, -0.2) is 247 Å². The maximum absolute atomic E-state index is 12.9. The molecule has 4 aromatic rings. The third-order valence-corrected chi connectivity index (χ3v) is 18.7. The highest BCUT2D eigenvalue weighted by Gasteiger charge is 2.35. The largest absolute Gasteiger partial charge is 0.496 e. The molecule has 0 bridgehead atoms. The molecule has 4 N–H and O–H groups in total. The lowest BCUT2D eigenvalue weighted by atomic mass is 9.92. The monoisotopic (exact) mass is 1820 g/mol. The second-order valence-electron chi connectivity index (χ2n) is 28.2. The van der Waals surface area contributed by atoms with Crippen LogP contribution < -0.4 is 54.4 Å². The molecule has 0 radical (unpaired) electrons. The van der Waals surface area contributed by atoms with E-state index in [-0.39, 0.29) is 300 Å². The average Bonchev–Trinajstić information content (AvgIpc) is 0.818. The van der Waals surface area contributed by atoms with Crippen molar-refractivity contribution in [3.05, 3.63) is 167 Å². The molecule has 0 fully saturated rings. The molecule has 0 saturated carbocycles. The van der Waals surface area contributed by atoms with Crippen LogP contribution in [0.3, 0.4) is 0 Å². The molecule has 0 aromatic heterocycles. The Bertz CT molecular complexity index is 3810. The summed E-state index contributed by atoms with van der Waals surface area (Å²) in [5.74, 6) is -3.47. The Morgan fingerprint density at radius 1 is 0.326 bits per heavy atom. The summed E-state index contributed by atoms with van der Waals surface area (Å²) in [7, 11) is 5.42. The van der Waals surface area contributed by atoms with Gasteiger partial charge in [-0.3, -0.25) is 59.6 Å². The van der Waals surface area contributed by atoms with E-state index in [0.717, 1.165) is 42.5 Å². The lowest BCUT2D eigenvalue weighted by Crippen LogP contribution is -2.43. The molecule has 4 amide bonds. The van der Waals surface area contributed by atoms with E-state index in [1.807, 2.05) is 0 Å². The number of hydrogen-bond donors (Lipinski definition) is 4. The highest BCUT2D eigenvalue weighted by molar-refractivity contribution is 5.83. The van der Waals surface area contributed by atoms with E-state index < -0.39 is 73.4 Å². The fraction of sp³-hybridized carbons (Fsp3) is 0.535. The maximum Gasteiger partial charge on any atom is 0.330 e. The third-order valence-electron chi connectivity index (χ3n) is 18.7. The number of rotatable bonds is 72. The van der Waals surface area contributed by atoms with Gasteiger partial charge in [0, 0.05) is 87.8 Å². The van der Waals surface area contributed by atoms with Crippen LogP contribution in [0.2, 0.25) is 0 Å². The molecular formula is C86H118N8O35. The first-order valence-electron chi connectivity index (χ1n) is 41.3. The van der Waals surface area contributed by atoms with Gasteiger partial charge in [0.05, 0.1) is 220 Å². The van der Waals surface area contributed by atoms with Crippen LogP contribution in [0.15, 0.2) is 99.2 Å². The summed E-state index contributed by atoms with van der Waals surface area (Å²) in [6.45, 7) is 20.6. The fourth-order valence-electron chi connectivity index (χ4n) is 12.1. The molecule has 0 heterocycles. The van der Waals surface area contributed by atoms with Crippen molar-refractivity contribution in [1.29, 1.82) is 0 Å². The topological polar surface area (TPSA) is 533 Å². The summed E-state index contributed by atoms with van der Waals surface area (Å²) in [5.41, 5.74) is -1.58. The van der Waals surface area contributed by atoms with Gasteiger partial charge in [-0.2, -0.15) is 0 Å². The molecule has 43 heteroatoms. The van der Waals surface area contributed by atoms with Gasteiger partial charge in [0.1, 0.15) is 30.2 Å². The van der Waals surface area contributed by atoms with Crippen molar-refractivity contribution in [2.24, 2.45) is 5.41 Å². The molecule has 0 aliphatic heterocycles. The molecular weight excluding hydrogens is 1700 g/mol. The first-order valence-corrected chi connectivity index (χ1v) is 41.3. The quantitative estimate of drug-likeness (QED) is 0.00798. The van der Waals surface area contributed by atoms with Gasteiger partial charge in [-0.1, -0.05) is 26.3 Å². The standard InChI is InChI=1S/C86H118N8O35/c1-13-82(99)126-58(5)63-47-71(111-9)62(46-67(63)91(103)104)22-17-18-23-78(95)87-27-34-115-38-42-119-54-86(55-120-43-39-116-35-28-88-79(96)24-19-31-123-75-51-68(92(105)106)64(48-72(75)112-10)59(6)127-83(100)14-2,56-121-44-40-117-36-29-89-80(97)25-20-32-124-76-52-69(93(107)108)65(49-73(76)113-11)60(7)128-84(101)15-3)57-122-45-41-118-37-30-90-81(98)26-21-33-125-77-53-70(94(109)110)66(50-74(77)114-12)61(8)129-85(102)16-4/h13-16,46-53,58-61H,1-4,17-45,54-57H2,5-12H3,(H,87,95)(H,88,96)(H,89,97)(H,90,98). The van der Waals surface area contributed by atoms with Gasteiger partial charge in [-0.15, -0.1) is 0 Å². The normalized spacial score (nSPS) is 12.3. The third kappa shape index (κ3) is 40.6. The van der Waals surface area contributed by atoms with E-state index >= 15 is 0 Å². The zero-order chi connectivity index (χ0) is 95.1. The van der Waals surface area contributed by atoms with Crippen molar-refractivity contribution in [3.8, 4) is 40.2 Å². The van der Waals surface area contributed by atoms with E-state index in [0.29, 0.717) is 30.6 Å². The number of nitro benzene ring substituents is 4. The molecule has 0 spiro atoms. The van der Waals surface area contributed by atoms with E-state index in [9.17, 15) is 78.8 Å². The summed E-state index contributed by atoms with van der Waals surface area (Å²) in [6.07, 6.45) is 1.83. The summed E-state index contributed by atoms with van der Waals surface area (Å²) >= 11 is 0. The first kappa shape index (κ1) is 109. The molecule has 0 saturated heterocycles. The predicted molar refractivity (Wildman–Crippen MR) is 460 cm³/mol. The van der Waals surface area contributed by atoms with Crippen LogP contribution >= 0.6 is 0 Å². The number of amides is 4. The average molecular weight is 1820 g/mol. The Labute approximate surface area is 746 Å². The Morgan fingerprint density at radius 2 is 0.566 bits per heavy atom. The second-order valence-corrected chi connectivity index (χ2v) is 28.2. The number of nitrogens with zero attached hydrogens (tertiary/aromatic N) is 4. The summed E-state index contributed by atoms with van der Waals surface area (Å²) in [4.78, 5) is 144. The predicted octanol–water partition coefficient (Wildman–Crippen LogP) is 9.39. The van der Waals surface area contributed by atoms with Crippen molar-refractivity contribution in [1.82, 2.24) is 21.3 Å². The smallest absolute Gasteiger partial charge is 0.330 e. The number of carbonyl (C=O) groups excluding carboxylic acids is 8. The lowest BCUT2D eigenvalue weighted by molar-refractivity contribution is -0.386. The van der Waals surface area contributed by atoms with Gasteiger partial charge in [0.2, 0.25) is 23.6 Å².